The van der Waals surface area contributed by atoms with Gasteiger partial charge < -0.3 is 20.1 Å². The van der Waals surface area contributed by atoms with Crippen LogP contribution >= 0.6 is 35.0 Å². The highest BCUT2D eigenvalue weighted by molar-refractivity contribution is 8.00. The molecule has 1 aliphatic rings. The third-order valence-corrected chi connectivity index (χ3v) is 9.36. The quantitative estimate of drug-likeness (QED) is 0.103. The lowest BCUT2D eigenvalue weighted by Crippen LogP contribution is -2.31. The number of ether oxygens (including phenoxy) is 2. The van der Waals surface area contributed by atoms with Crippen LogP contribution in [0.2, 0.25) is 10.0 Å². The molecule has 1 saturated heterocycles. The van der Waals surface area contributed by atoms with E-state index in [2.05, 4.69) is 10.6 Å². The van der Waals surface area contributed by atoms with Gasteiger partial charge in [0.25, 0.3) is 11.8 Å². The lowest BCUT2D eigenvalue weighted by Gasteiger charge is -2.16. The van der Waals surface area contributed by atoms with E-state index >= 15 is 0 Å². The summed E-state index contributed by atoms with van der Waals surface area (Å²) in [6.07, 6.45) is 1.55. The van der Waals surface area contributed by atoms with Crippen molar-refractivity contribution in [3.05, 3.63) is 148 Å². The number of rotatable bonds is 11. The molecular formula is C39H29Cl2N3O6S. The third-order valence-electron chi connectivity index (χ3n) is 7.64. The van der Waals surface area contributed by atoms with Crippen molar-refractivity contribution in [1.29, 1.82) is 0 Å². The van der Waals surface area contributed by atoms with E-state index in [9.17, 15) is 19.2 Å². The molecular weight excluding hydrogens is 709 g/mol. The number of amides is 4. The molecule has 6 rings (SSSR count). The molecule has 0 aromatic heterocycles. The fourth-order valence-electron chi connectivity index (χ4n) is 5.15. The number of imide groups is 1. The molecule has 1 fully saturated rings. The summed E-state index contributed by atoms with van der Waals surface area (Å²) in [5.41, 5.74) is 1.79. The molecule has 9 nitrogen and oxygen atoms in total. The molecule has 1 heterocycles. The van der Waals surface area contributed by atoms with Crippen LogP contribution in [-0.4, -0.2) is 36.0 Å². The van der Waals surface area contributed by atoms with Crippen LogP contribution in [0.3, 0.4) is 0 Å². The van der Waals surface area contributed by atoms with Crippen LogP contribution in [0.1, 0.15) is 22.3 Å². The summed E-state index contributed by atoms with van der Waals surface area (Å²) >= 11 is 13.4. The van der Waals surface area contributed by atoms with Crippen LogP contribution < -0.4 is 25.0 Å². The van der Waals surface area contributed by atoms with Crippen LogP contribution in [-0.2, 0) is 14.4 Å². The van der Waals surface area contributed by atoms with Gasteiger partial charge in [-0.25, -0.2) is 4.90 Å². The standard InChI is InChI=1S/C39H29Cl2N3O6S/c1-49-34-19-14-28(22-32(34)41)44-36(45)23-35(39(44)48)51-31-9-5-8-27(21-31)42-38(47)33(43-37(46)25-6-3-2-4-7-25)20-24-10-15-29(16-11-24)50-30-17-12-26(40)13-18-30/h2-22,35H,23H2,1H3,(H,42,47)(H,43,46). The molecule has 0 aliphatic carbocycles. The topological polar surface area (TPSA) is 114 Å². The molecule has 0 radical (unpaired) electrons. The van der Waals surface area contributed by atoms with Gasteiger partial charge in [0, 0.05) is 27.6 Å². The molecule has 1 aliphatic heterocycles. The normalized spacial score (nSPS) is 14.3. The van der Waals surface area contributed by atoms with Crippen LogP contribution in [0.5, 0.6) is 17.2 Å². The number of nitrogens with one attached hydrogen (secondary N) is 2. The van der Waals surface area contributed by atoms with Crippen LogP contribution in [0, 0.1) is 0 Å². The van der Waals surface area contributed by atoms with E-state index in [0.29, 0.717) is 49.7 Å². The Morgan fingerprint density at radius 1 is 0.843 bits per heavy atom. The average Bonchev–Trinajstić information content (AvgIpc) is 3.41. The Kier molecular flexibility index (Phi) is 11.1. The highest BCUT2D eigenvalue weighted by Gasteiger charge is 2.40. The summed E-state index contributed by atoms with van der Waals surface area (Å²) in [4.78, 5) is 54.8. The minimum Gasteiger partial charge on any atom is -0.495 e. The second kappa shape index (κ2) is 16.0. The van der Waals surface area contributed by atoms with Gasteiger partial charge in [-0.3, -0.25) is 19.2 Å². The Hall–Kier alpha value is -5.55. The van der Waals surface area contributed by atoms with Crippen molar-refractivity contribution in [2.24, 2.45) is 0 Å². The van der Waals surface area contributed by atoms with Crippen LogP contribution in [0.15, 0.2) is 132 Å². The second-order valence-corrected chi connectivity index (χ2v) is 13.3. The van der Waals surface area contributed by atoms with Crippen molar-refractivity contribution in [2.45, 2.75) is 16.6 Å². The fraction of sp³-hybridized carbons (Fsp3) is 0.0769. The number of thioether (sulfide) groups is 1. The minimum atomic E-state index is -0.684. The second-order valence-electron chi connectivity index (χ2n) is 11.2. The predicted molar refractivity (Wildman–Crippen MR) is 200 cm³/mol. The van der Waals surface area contributed by atoms with E-state index < -0.39 is 17.1 Å². The van der Waals surface area contributed by atoms with Crippen molar-refractivity contribution in [1.82, 2.24) is 5.32 Å². The highest BCUT2D eigenvalue weighted by Crippen LogP contribution is 2.37. The van der Waals surface area contributed by atoms with E-state index in [1.54, 1.807) is 121 Å². The van der Waals surface area contributed by atoms with Crippen molar-refractivity contribution >= 4 is 76.0 Å². The zero-order valence-corrected chi connectivity index (χ0v) is 29.3. The van der Waals surface area contributed by atoms with Gasteiger partial charge in [0.05, 0.1) is 23.1 Å². The van der Waals surface area contributed by atoms with Crippen molar-refractivity contribution < 1.29 is 28.7 Å². The molecule has 12 heteroatoms. The van der Waals surface area contributed by atoms with E-state index in [1.807, 2.05) is 0 Å². The molecule has 1 atom stereocenters. The summed E-state index contributed by atoms with van der Waals surface area (Å²) < 4.78 is 11.0. The Balaban J connectivity index is 1.18. The maximum absolute atomic E-state index is 13.7. The minimum absolute atomic E-state index is 0.00126. The first-order valence-electron chi connectivity index (χ1n) is 15.6. The summed E-state index contributed by atoms with van der Waals surface area (Å²) in [5.74, 6) is -0.146. The largest absolute Gasteiger partial charge is 0.495 e. The number of hydrogen-bond acceptors (Lipinski definition) is 7. The van der Waals surface area contributed by atoms with Gasteiger partial charge in [-0.15, -0.1) is 11.8 Å². The summed E-state index contributed by atoms with van der Waals surface area (Å²) in [6.45, 7) is 0. The molecule has 4 amide bonds. The molecule has 51 heavy (non-hydrogen) atoms. The van der Waals surface area contributed by atoms with Crippen LogP contribution in [0.25, 0.3) is 6.08 Å². The van der Waals surface area contributed by atoms with Gasteiger partial charge in [-0.2, -0.15) is 0 Å². The predicted octanol–water partition coefficient (Wildman–Crippen LogP) is 8.63. The zero-order chi connectivity index (χ0) is 35.9. The smallest absolute Gasteiger partial charge is 0.272 e. The summed E-state index contributed by atoms with van der Waals surface area (Å²) in [7, 11) is 1.48. The first-order chi connectivity index (χ1) is 24.7. The SMILES string of the molecule is COc1ccc(N2C(=O)CC(Sc3cccc(NC(=O)C(=Cc4ccc(Oc5ccc(Cl)cc5)cc4)NC(=O)c4ccccc4)c3)C2=O)cc1Cl. The van der Waals surface area contributed by atoms with Crippen molar-refractivity contribution in [2.75, 3.05) is 17.3 Å². The molecule has 2 N–H and O–H groups in total. The number of carbonyl (C=O) groups excluding carboxylic acids is 4. The Morgan fingerprint density at radius 2 is 1.55 bits per heavy atom. The van der Waals surface area contributed by atoms with Gasteiger partial charge in [0.1, 0.15) is 22.9 Å². The van der Waals surface area contributed by atoms with Gasteiger partial charge in [0.15, 0.2) is 0 Å². The molecule has 256 valence electrons. The number of anilines is 2. The Labute approximate surface area is 308 Å². The van der Waals surface area contributed by atoms with E-state index in [0.717, 1.165) is 4.90 Å². The maximum Gasteiger partial charge on any atom is 0.272 e. The van der Waals surface area contributed by atoms with E-state index in [-0.39, 0.29) is 29.0 Å². The molecule has 5 aromatic carbocycles. The molecule has 0 saturated carbocycles. The van der Waals surface area contributed by atoms with E-state index in [1.165, 1.54) is 24.9 Å². The summed E-state index contributed by atoms with van der Waals surface area (Å²) in [5, 5.41) is 5.77. The average molecular weight is 739 g/mol. The third kappa shape index (κ3) is 8.79. The Morgan fingerprint density at radius 3 is 2.24 bits per heavy atom. The van der Waals surface area contributed by atoms with Gasteiger partial charge >= 0.3 is 0 Å². The van der Waals surface area contributed by atoms with E-state index in [4.69, 9.17) is 32.7 Å². The zero-order valence-electron chi connectivity index (χ0n) is 27.0. The van der Waals surface area contributed by atoms with Crippen molar-refractivity contribution in [3.8, 4) is 17.2 Å². The van der Waals surface area contributed by atoms with Gasteiger partial charge in [-0.1, -0.05) is 59.6 Å². The number of halogens is 2. The maximum atomic E-state index is 13.7. The summed E-state index contributed by atoms with van der Waals surface area (Å²) in [6, 6.07) is 34.1. The number of nitrogens with zero attached hydrogens (tertiary/aromatic N) is 1. The number of carbonyl (C=O) groups is 4. The van der Waals surface area contributed by atoms with Gasteiger partial charge in [-0.05, 0) is 96.6 Å². The first kappa shape index (κ1) is 35.3. The number of hydrogen-bond donors (Lipinski definition) is 2. The fourth-order valence-corrected chi connectivity index (χ4v) is 6.64. The van der Waals surface area contributed by atoms with Gasteiger partial charge in [0.2, 0.25) is 11.8 Å². The molecule has 1 unspecified atom stereocenters. The number of benzene rings is 5. The highest BCUT2D eigenvalue weighted by atomic mass is 35.5. The van der Waals surface area contributed by atoms with Crippen molar-refractivity contribution in [3.63, 3.8) is 0 Å². The number of methoxy groups -OCH3 is 1. The van der Waals surface area contributed by atoms with Crippen LogP contribution in [0.4, 0.5) is 11.4 Å². The Bertz CT molecular complexity index is 2130. The molecule has 5 aromatic rings. The monoisotopic (exact) mass is 737 g/mol. The lowest BCUT2D eigenvalue weighted by molar-refractivity contribution is -0.121. The lowest BCUT2D eigenvalue weighted by atomic mass is 10.1. The molecule has 0 bridgehead atoms. The molecule has 0 spiro atoms. The first-order valence-corrected chi connectivity index (χ1v) is 17.2.